The van der Waals surface area contributed by atoms with E-state index in [1.54, 1.807) is 30.3 Å². The van der Waals surface area contributed by atoms with E-state index >= 15 is 0 Å². The van der Waals surface area contributed by atoms with E-state index in [1.807, 2.05) is 19.9 Å². The Bertz CT molecular complexity index is 707. The maximum atomic E-state index is 12.1. The van der Waals surface area contributed by atoms with Crippen molar-refractivity contribution in [3.05, 3.63) is 59.5 Å². The van der Waals surface area contributed by atoms with E-state index in [2.05, 4.69) is 16.7 Å². The Morgan fingerprint density at radius 1 is 1.29 bits per heavy atom. The van der Waals surface area contributed by atoms with Gasteiger partial charge >= 0.3 is 6.03 Å². The molecule has 0 radical (unpaired) electrons. The number of nitrogens with one attached hydrogen (secondary N) is 2. The van der Waals surface area contributed by atoms with Gasteiger partial charge in [-0.2, -0.15) is 5.26 Å². The molecule has 0 bridgehead atoms. The summed E-state index contributed by atoms with van der Waals surface area (Å²) >= 11 is 0. The first-order chi connectivity index (χ1) is 11.5. The summed E-state index contributed by atoms with van der Waals surface area (Å²) in [6.45, 7) is 3.66. The van der Waals surface area contributed by atoms with Crippen LogP contribution in [0.25, 0.3) is 0 Å². The number of urea groups is 1. The lowest BCUT2D eigenvalue weighted by Crippen LogP contribution is -2.42. The van der Waals surface area contributed by atoms with Crippen molar-refractivity contribution in [1.82, 2.24) is 10.6 Å². The number of hydrogen-bond acceptors (Lipinski definition) is 4. The molecule has 2 rings (SSSR count). The van der Waals surface area contributed by atoms with Crippen LogP contribution in [0.1, 0.15) is 49.3 Å². The van der Waals surface area contributed by atoms with Crippen LogP contribution < -0.4 is 10.6 Å². The van der Waals surface area contributed by atoms with E-state index in [1.165, 1.54) is 6.26 Å². The summed E-state index contributed by atoms with van der Waals surface area (Å²) in [5.74, 6) is 0.478. The van der Waals surface area contributed by atoms with Crippen LogP contribution in [0.3, 0.4) is 0 Å². The van der Waals surface area contributed by atoms with Gasteiger partial charge in [0.05, 0.1) is 23.9 Å². The minimum Gasteiger partial charge on any atom is -0.467 e. The van der Waals surface area contributed by atoms with Gasteiger partial charge in [-0.25, -0.2) is 4.79 Å². The summed E-state index contributed by atoms with van der Waals surface area (Å²) in [7, 11) is 0. The first-order valence-corrected chi connectivity index (χ1v) is 7.78. The molecule has 2 aromatic rings. The third kappa shape index (κ3) is 4.86. The van der Waals surface area contributed by atoms with Crippen LogP contribution >= 0.6 is 0 Å². The van der Waals surface area contributed by atoms with Crippen molar-refractivity contribution in [1.29, 1.82) is 5.26 Å². The number of carbonyl (C=O) groups excluding carboxylic acids is 1. The van der Waals surface area contributed by atoms with E-state index < -0.39 is 6.10 Å². The monoisotopic (exact) mass is 327 g/mol. The highest BCUT2D eigenvalue weighted by atomic mass is 16.4. The molecule has 24 heavy (non-hydrogen) atoms. The van der Waals surface area contributed by atoms with E-state index in [4.69, 9.17) is 9.68 Å². The van der Waals surface area contributed by atoms with Crippen LogP contribution in [0.4, 0.5) is 4.79 Å². The molecule has 0 aliphatic carbocycles. The van der Waals surface area contributed by atoms with Gasteiger partial charge in [0.2, 0.25) is 0 Å². The van der Waals surface area contributed by atoms with Gasteiger partial charge in [-0.3, -0.25) is 0 Å². The van der Waals surface area contributed by atoms with Crippen molar-refractivity contribution in [2.45, 2.75) is 38.5 Å². The maximum absolute atomic E-state index is 12.1. The molecule has 6 nitrogen and oxygen atoms in total. The number of carbonyl (C=O) groups is 1. The Morgan fingerprint density at radius 2 is 2.08 bits per heavy atom. The van der Waals surface area contributed by atoms with Crippen molar-refractivity contribution >= 4 is 6.03 Å². The minimum atomic E-state index is -0.764. The van der Waals surface area contributed by atoms with Gasteiger partial charge in [0.1, 0.15) is 11.9 Å². The summed E-state index contributed by atoms with van der Waals surface area (Å²) in [6.07, 6.45) is 1.08. The quantitative estimate of drug-likeness (QED) is 0.759. The molecule has 0 saturated carbocycles. The van der Waals surface area contributed by atoms with E-state index in [0.717, 1.165) is 5.56 Å². The van der Waals surface area contributed by atoms with Gasteiger partial charge in [-0.05, 0) is 43.7 Å². The molecule has 0 aliphatic heterocycles. The minimum absolute atomic E-state index is 0.234. The smallest absolute Gasteiger partial charge is 0.315 e. The van der Waals surface area contributed by atoms with Crippen LogP contribution in [0, 0.1) is 11.3 Å². The molecule has 2 amide bonds. The van der Waals surface area contributed by atoms with Crippen LogP contribution in [0.15, 0.2) is 47.1 Å². The molecule has 3 N–H and O–H groups in total. The number of amides is 2. The fourth-order valence-corrected chi connectivity index (χ4v) is 2.41. The van der Waals surface area contributed by atoms with Crippen molar-refractivity contribution < 1.29 is 14.3 Å². The van der Waals surface area contributed by atoms with E-state index in [0.29, 0.717) is 17.7 Å². The standard InChI is InChI=1S/C18H21N3O3/c1-12(9-16(22)17-7-4-8-24-17)20-18(23)21-13(2)15-6-3-5-14(10-15)11-19/h3-8,10,12-13,16,22H,9H2,1-2H3,(H2,20,21,23)/t12-,13-,16-/m1/s1. The van der Waals surface area contributed by atoms with Crippen molar-refractivity contribution in [3.8, 4) is 6.07 Å². The SMILES string of the molecule is C[C@H](C[C@@H](O)c1ccco1)NC(=O)N[C@H](C)c1cccc(C#N)c1. The second-order valence-electron chi connectivity index (χ2n) is 5.74. The topological polar surface area (TPSA) is 98.3 Å². The average molecular weight is 327 g/mol. The zero-order chi connectivity index (χ0) is 17.5. The second kappa shape index (κ2) is 8.18. The van der Waals surface area contributed by atoms with E-state index in [-0.39, 0.29) is 18.1 Å². The highest BCUT2D eigenvalue weighted by molar-refractivity contribution is 5.74. The molecule has 6 heteroatoms. The summed E-state index contributed by atoms with van der Waals surface area (Å²) in [5, 5.41) is 24.5. The maximum Gasteiger partial charge on any atom is 0.315 e. The molecule has 1 aromatic carbocycles. The molecule has 1 aromatic heterocycles. The van der Waals surface area contributed by atoms with Crippen LogP contribution in [-0.2, 0) is 0 Å². The third-order valence-corrected chi connectivity index (χ3v) is 3.69. The third-order valence-electron chi connectivity index (χ3n) is 3.69. The Morgan fingerprint density at radius 3 is 2.75 bits per heavy atom. The Hall–Kier alpha value is -2.78. The zero-order valence-electron chi connectivity index (χ0n) is 13.7. The fourth-order valence-electron chi connectivity index (χ4n) is 2.41. The predicted molar refractivity (Wildman–Crippen MR) is 89.0 cm³/mol. The van der Waals surface area contributed by atoms with Gasteiger partial charge in [0.25, 0.3) is 0 Å². The summed E-state index contributed by atoms with van der Waals surface area (Å²) in [5.41, 5.74) is 1.41. The average Bonchev–Trinajstić information content (AvgIpc) is 3.09. The second-order valence-corrected chi connectivity index (χ2v) is 5.74. The molecule has 0 saturated heterocycles. The van der Waals surface area contributed by atoms with Gasteiger partial charge in [-0.1, -0.05) is 12.1 Å². The molecule has 0 aliphatic rings. The number of furan rings is 1. The largest absolute Gasteiger partial charge is 0.467 e. The molecular weight excluding hydrogens is 306 g/mol. The molecule has 0 fully saturated rings. The normalized spacial score (nSPS) is 14.2. The van der Waals surface area contributed by atoms with Crippen molar-refractivity contribution in [2.75, 3.05) is 0 Å². The number of nitrogens with zero attached hydrogens (tertiary/aromatic N) is 1. The van der Waals surface area contributed by atoms with Crippen LogP contribution in [-0.4, -0.2) is 17.2 Å². The fraction of sp³-hybridized carbons (Fsp3) is 0.333. The van der Waals surface area contributed by atoms with Crippen molar-refractivity contribution in [2.24, 2.45) is 0 Å². The zero-order valence-corrected chi connectivity index (χ0v) is 13.7. The van der Waals surface area contributed by atoms with Crippen LogP contribution in [0.5, 0.6) is 0 Å². The van der Waals surface area contributed by atoms with E-state index in [9.17, 15) is 9.90 Å². The summed E-state index contributed by atoms with van der Waals surface area (Å²) in [4.78, 5) is 12.1. The lowest BCUT2D eigenvalue weighted by molar-refractivity contribution is 0.129. The van der Waals surface area contributed by atoms with Gasteiger partial charge in [0, 0.05) is 12.5 Å². The Balaban J connectivity index is 1.84. The molecule has 0 unspecified atom stereocenters. The Kier molecular flexibility index (Phi) is 5.99. The highest BCUT2D eigenvalue weighted by Gasteiger charge is 2.17. The lowest BCUT2D eigenvalue weighted by Gasteiger charge is -2.20. The van der Waals surface area contributed by atoms with Crippen LogP contribution in [0.2, 0.25) is 0 Å². The number of nitriles is 1. The molecule has 3 atom stereocenters. The lowest BCUT2D eigenvalue weighted by atomic mass is 10.1. The summed E-state index contributed by atoms with van der Waals surface area (Å²) in [6, 6.07) is 11.8. The van der Waals surface area contributed by atoms with Gasteiger partial charge in [-0.15, -0.1) is 0 Å². The number of benzene rings is 1. The number of aliphatic hydroxyl groups is 1. The van der Waals surface area contributed by atoms with Gasteiger partial charge in [0.15, 0.2) is 0 Å². The molecule has 1 heterocycles. The number of hydrogen-bond donors (Lipinski definition) is 3. The number of rotatable bonds is 6. The molecule has 0 spiro atoms. The predicted octanol–water partition coefficient (Wildman–Crippen LogP) is 3.02. The first-order valence-electron chi connectivity index (χ1n) is 7.78. The number of aliphatic hydroxyl groups excluding tert-OH is 1. The van der Waals surface area contributed by atoms with Crippen molar-refractivity contribution in [3.63, 3.8) is 0 Å². The Labute approximate surface area is 141 Å². The summed E-state index contributed by atoms with van der Waals surface area (Å²) < 4.78 is 5.14. The molecule has 126 valence electrons. The van der Waals surface area contributed by atoms with Gasteiger partial charge < -0.3 is 20.2 Å². The highest BCUT2D eigenvalue weighted by Crippen LogP contribution is 2.18. The molecular formula is C18H21N3O3. The first kappa shape index (κ1) is 17.6.